The second-order valence-corrected chi connectivity index (χ2v) is 4.75. The van der Waals surface area contributed by atoms with Crippen LogP contribution < -0.4 is 0 Å². The first-order valence-electron chi connectivity index (χ1n) is 6.30. The Hall–Kier alpha value is -2.06. The minimum absolute atomic E-state index is 0.0232. The summed E-state index contributed by atoms with van der Waals surface area (Å²) in [7, 11) is 0. The molecule has 1 aliphatic rings. The predicted octanol–water partition coefficient (Wildman–Crippen LogP) is 0.982. The van der Waals surface area contributed by atoms with E-state index in [-0.39, 0.29) is 11.7 Å². The maximum Gasteiger partial charge on any atom is 0.257 e. The Balaban J connectivity index is 2.05. The van der Waals surface area contributed by atoms with Gasteiger partial charge < -0.3 is 10.0 Å². The number of nitriles is 1. The topological polar surface area (TPSA) is 67.6 Å². The van der Waals surface area contributed by atoms with E-state index in [0.29, 0.717) is 38.3 Å². The van der Waals surface area contributed by atoms with Crippen LogP contribution in [0.25, 0.3) is 0 Å². The van der Waals surface area contributed by atoms with Gasteiger partial charge in [-0.05, 0) is 19.1 Å². The predicted molar refractivity (Wildman–Crippen MR) is 70.8 cm³/mol. The number of phenolic OH excluding ortho intramolecular Hbond substituents is 1. The maximum absolute atomic E-state index is 12.3. The molecule has 1 aliphatic heterocycles. The molecular weight excluding hydrogens is 242 g/mol. The summed E-state index contributed by atoms with van der Waals surface area (Å²) in [6.07, 6.45) is 0. The van der Waals surface area contributed by atoms with Crippen molar-refractivity contribution in [3.05, 3.63) is 29.3 Å². The van der Waals surface area contributed by atoms with Crippen molar-refractivity contribution < 1.29 is 9.90 Å². The van der Waals surface area contributed by atoms with E-state index in [1.165, 1.54) is 0 Å². The molecule has 1 saturated heterocycles. The first-order valence-corrected chi connectivity index (χ1v) is 6.30. The standard InChI is InChI=1S/C14H17N3O2/c1-11-2-3-13(18)12(10-11)14(19)17-8-6-16(5-4-15)7-9-17/h2-3,10,18H,5-9H2,1H3. The van der Waals surface area contributed by atoms with Gasteiger partial charge in [0.15, 0.2) is 0 Å². The molecule has 0 radical (unpaired) electrons. The van der Waals surface area contributed by atoms with Gasteiger partial charge >= 0.3 is 0 Å². The molecule has 0 unspecified atom stereocenters. The van der Waals surface area contributed by atoms with Gasteiger partial charge in [-0.15, -0.1) is 0 Å². The van der Waals surface area contributed by atoms with Gasteiger partial charge in [0.05, 0.1) is 18.2 Å². The van der Waals surface area contributed by atoms with Crippen molar-refractivity contribution in [3.8, 4) is 11.8 Å². The summed E-state index contributed by atoms with van der Waals surface area (Å²) >= 11 is 0. The SMILES string of the molecule is Cc1ccc(O)c(C(=O)N2CCN(CC#N)CC2)c1. The highest BCUT2D eigenvalue weighted by Crippen LogP contribution is 2.20. The molecule has 1 aromatic rings. The molecular formula is C14H17N3O2. The Morgan fingerprint density at radius 2 is 2.05 bits per heavy atom. The zero-order valence-corrected chi connectivity index (χ0v) is 11.0. The average Bonchev–Trinajstić information content (AvgIpc) is 2.42. The third kappa shape index (κ3) is 3.04. The number of hydrogen-bond acceptors (Lipinski definition) is 4. The second-order valence-electron chi connectivity index (χ2n) is 4.75. The number of carbonyl (C=O) groups is 1. The minimum Gasteiger partial charge on any atom is -0.507 e. The van der Waals surface area contributed by atoms with E-state index in [9.17, 15) is 9.90 Å². The lowest BCUT2D eigenvalue weighted by Crippen LogP contribution is -2.48. The molecule has 1 N–H and O–H groups in total. The van der Waals surface area contributed by atoms with Gasteiger partial charge in [-0.3, -0.25) is 9.69 Å². The highest BCUT2D eigenvalue weighted by molar-refractivity contribution is 5.97. The second kappa shape index (κ2) is 5.72. The van der Waals surface area contributed by atoms with Crippen LogP contribution in [0.4, 0.5) is 0 Å². The third-order valence-corrected chi connectivity index (χ3v) is 3.34. The Bertz CT molecular complexity index is 514. The van der Waals surface area contributed by atoms with E-state index >= 15 is 0 Å². The smallest absolute Gasteiger partial charge is 0.257 e. The van der Waals surface area contributed by atoms with Gasteiger partial charge in [0, 0.05) is 26.2 Å². The summed E-state index contributed by atoms with van der Waals surface area (Å²) < 4.78 is 0. The van der Waals surface area contributed by atoms with E-state index in [1.807, 2.05) is 11.8 Å². The van der Waals surface area contributed by atoms with E-state index in [1.54, 1.807) is 23.1 Å². The zero-order valence-electron chi connectivity index (χ0n) is 11.0. The van der Waals surface area contributed by atoms with Crippen molar-refractivity contribution in [3.63, 3.8) is 0 Å². The number of aromatic hydroxyl groups is 1. The molecule has 5 nitrogen and oxygen atoms in total. The van der Waals surface area contributed by atoms with E-state index in [0.717, 1.165) is 5.56 Å². The highest BCUT2D eigenvalue weighted by atomic mass is 16.3. The summed E-state index contributed by atoms with van der Waals surface area (Å²) in [5.41, 5.74) is 1.30. The van der Waals surface area contributed by atoms with Crippen LogP contribution in [0, 0.1) is 18.3 Å². The van der Waals surface area contributed by atoms with Crippen molar-refractivity contribution in [1.29, 1.82) is 5.26 Å². The summed E-state index contributed by atoms with van der Waals surface area (Å²) in [5, 5.41) is 18.4. The number of aryl methyl sites for hydroxylation is 1. The lowest BCUT2D eigenvalue weighted by molar-refractivity contribution is 0.0649. The van der Waals surface area contributed by atoms with Crippen LogP contribution >= 0.6 is 0 Å². The molecule has 5 heteroatoms. The van der Waals surface area contributed by atoms with E-state index in [4.69, 9.17) is 5.26 Å². The zero-order chi connectivity index (χ0) is 13.8. The molecule has 1 heterocycles. The number of piperazine rings is 1. The molecule has 1 aromatic carbocycles. The summed E-state index contributed by atoms with van der Waals surface area (Å²) in [4.78, 5) is 16.1. The van der Waals surface area contributed by atoms with Gasteiger partial charge in [-0.1, -0.05) is 11.6 Å². The number of hydrogen-bond donors (Lipinski definition) is 1. The largest absolute Gasteiger partial charge is 0.507 e. The van der Waals surface area contributed by atoms with E-state index < -0.39 is 0 Å². The summed E-state index contributed by atoms with van der Waals surface area (Å²) in [6.45, 7) is 4.87. The van der Waals surface area contributed by atoms with Gasteiger partial charge in [0.25, 0.3) is 5.91 Å². The molecule has 0 saturated carbocycles. The van der Waals surface area contributed by atoms with E-state index in [2.05, 4.69) is 6.07 Å². The first kappa shape index (κ1) is 13.4. The normalized spacial score (nSPS) is 16.1. The van der Waals surface area contributed by atoms with Gasteiger partial charge in [0.1, 0.15) is 5.75 Å². The molecule has 1 amide bonds. The number of benzene rings is 1. The molecule has 0 aliphatic carbocycles. The third-order valence-electron chi connectivity index (χ3n) is 3.34. The minimum atomic E-state index is -0.141. The van der Waals surface area contributed by atoms with Crippen molar-refractivity contribution in [2.45, 2.75) is 6.92 Å². The quantitative estimate of drug-likeness (QED) is 0.804. The molecule has 2 rings (SSSR count). The fourth-order valence-electron chi connectivity index (χ4n) is 2.20. The van der Waals surface area contributed by atoms with Crippen molar-refractivity contribution in [2.75, 3.05) is 32.7 Å². The van der Waals surface area contributed by atoms with Crippen molar-refractivity contribution in [2.24, 2.45) is 0 Å². The van der Waals surface area contributed by atoms with Gasteiger partial charge in [-0.2, -0.15) is 5.26 Å². The molecule has 0 spiro atoms. The lowest BCUT2D eigenvalue weighted by atomic mass is 10.1. The van der Waals surface area contributed by atoms with Crippen molar-refractivity contribution in [1.82, 2.24) is 9.80 Å². The highest BCUT2D eigenvalue weighted by Gasteiger charge is 2.23. The number of carbonyl (C=O) groups excluding carboxylic acids is 1. The summed E-state index contributed by atoms with van der Waals surface area (Å²) in [6, 6.07) is 7.14. The number of rotatable bonds is 2. The Morgan fingerprint density at radius 1 is 1.37 bits per heavy atom. The van der Waals surface area contributed by atoms with Crippen LogP contribution in [0.5, 0.6) is 5.75 Å². The molecule has 1 fully saturated rings. The molecule has 0 aromatic heterocycles. The van der Waals surface area contributed by atoms with Crippen LogP contribution in [0.15, 0.2) is 18.2 Å². The monoisotopic (exact) mass is 259 g/mol. The fraction of sp³-hybridized carbons (Fsp3) is 0.429. The van der Waals surface area contributed by atoms with Crippen LogP contribution in [0.1, 0.15) is 15.9 Å². The number of amides is 1. The number of nitrogens with zero attached hydrogens (tertiary/aromatic N) is 3. The van der Waals surface area contributed by atoms with Gasteiger partial charge in [0.2, 0.25) is 0 Å². The maximum atomic E-state index is 12.3. The van der Waals surface area contributed by atoms with Gasteiger partial charge in [-0.25, -0.2) is 0 Å². The first-order chi connectivity index (χ1) is 9.11. The van der Waals surface area contributed by atoms with Crippen LogP contribution in [0.2, 0.25) is 0 Å². The Morgan fingerprint density at radius 3 is 2.68 bits per heavy atom. The number of phenols is 1. The van der Waals surface area contributed by atoms with Crippen LogP contribution in [0.3, 0.4) is 0 Å². The van der Waals surface area contributed by atoms with Crippen molar-refractivity contribution >= 4 is 5.91 Å². The molecule has 100 valence electrons. The lowest BCUT2D eigenvalue weighted by Gasteiger charge is -2.33. The fourth-order valence-corrected chi connectivity index (χ4v) is 2.20. The molecule has 0 atom stereocenters. The summed E-state index contributed by atoms with van der Waals surface area (Å²) in [5.74, 6) is -0.118. The average molecular weight is 259 g/mol. The Kier molecular flexibility index (Phi) is 4.03. The van der Waals surface area contributed by atoms with Crippen LogP contribution in [-0.2, 0) is 0 Å². The van der Waals surface area contributed by atoms with Crippen LogP contribution in [-0.4, -0.2) is 53.5 Å². The molecule has 0 bridgehead atoms. The molecule has 19 heavy (non-hydrogen) atoms. The Labute approximate surface area is 112 Å².